The zero-order chi connectivity index (χ0) is 13.8. The fraction of sp³-hybridized carbons (Fsp3) is 0.643. The number of furan rings is 1. The van der Waals surface area contributed by atoms with E-state index in [1.54, 1.807) is 6.07 Å². The largest absolute Gasteiger partial charge is 0.475 e. The first-order valence-electron chi connectivity index (χ1n) is 6.71. The van der Waals surface area contributed by atoms with Crippen molar-refractivity contribution in [2.24, 2.45) is 0 Å². The Bertz CT molecular complexity index is 432. The van der Waals surface area contributed by atoms with Gasteiger partial charge < -0.3 is 9.52 Å². The van der Waals surface area contributed by atoms with Crippen LogP contribution in [0.15, 0.2) is 16.5 Å². The summed E-state index contributed by atoms with van der Waals surface area (Å²) in [5.74, 6) is -0.226. The molecule has 5 heteroatoms. The Morgan fingerprint density at radius 1 is 1.47 bits per heavy atom. The zero-order valence-electron chi connectivity index (χ0n) is 11.5. The molecule has 2 atom stereocenters. The van der Waals surface area contributed by atoms with Crippen molar-refractivity contribution in [2.45, 2.75) is 37.5 Å². The van der Waals surface area contributed by atoms with Gasteiger partial charge in [-0.15, -0.1) is 0 Å². The molecule has 106 valence electrons. The lowest BCUT2D eigenvalue weighted by molar-refractivity contribution is 0.0656. The van der Waals surface area contributed by atoms with Crippen molar-refractivity contribution in [3.05, 3.63) is 23.7 Å². The molecule has 2 heterocycles. The first-order chi connectivity index (χ1) is 9.11. The van der Waals surface area contributed by atoms with E-state index in [9.17, 15) is 4.79 Å². The second kappa shape index (κ2) is 6.48. The molecule has 0 aromatic carbocycles. The van der Waals surface area contributed by atoms with Crippen LogP contribution in [0.25, 0.3) is 0 Å². The minimum atomic E-state index is -1.00. The van der Waals surface area contributed by atoms with Crippen LogP contribution in [0.4, 0.5) is 0 Å². The standard InChI is InChI=1S/C14H21NO3S/c1-10(12-5-6-13(18-12)14(16)17)15-8-3-4-11(19-2)7-9-15/h5-6,10-11H,3-4,7-9H2,1-2H3,(H,16,17). The molecular formula is C14H21NO3S. The van der Waals surface area contributed by atoms with Gasteiger partial charge in [-0.05, 0) is 57.7 Å². The predicted octanol–water partition coefficient (Wildman–Crippen LogP) is 3.26. The first-order valence-corrected chi connectivity index (χ1v) is 8.00. The van der Waals surface area contributed by atoms with Crippen molar-refractivity contribution in [1.29, 1.82) is 0 Å². The summed E-state index contributed by atoms with van der Waals surface area (Å²) in [6, 6.07) is 3.47. The third-order valence-corrected chi connectivity index (χ3v) is 4.98. The van der Waals surface area contributed by atoms with E-state index in [1.165, 1.54) is 25.3 Å². The molecule has 1 aromatic heterocycles. The Morgan fingerprint density at radius 3 is 2.89 bits per heavy atom. The molecule has 0 spiro atoms. The van der Waals surface area contributed by atoms with E-state index in [2.05, 4.69) is 18.1 Å². The summed E-state index contributed by atoms with van der Waals surface area (Å²) in [6.07, 6.45) is 5.83. The van der Waals surface area contributed by atoms with Gasteiger partial charge in [0.15, 0.2) is 0 Å². The van der Waals surface area contributed by atoms with Gasteiger partial charge in [0, 0.05) is 5.25 Å². The molecule has 0 bridgehead atoms. The van der Waals surface area contributed by atoms with Gasteiger partial charge >= 0.3 is 5.97 Å². The van der Waals surface area contributed by atoms with Crippen LogP contribution < -0.4 is 0 Å². The van der Waals surface area contributed by atoms with Gasteiger partial charge in [-0.2, -0.15) is 11.8 Å². The SMILES string of the molecule is CSC1CCCN(C(C)c2ccc(C(=O)O)o2)CC1. The van der Waals surface area contributed by atoms with Crippen molar-refractivity contribution in [2.75, 3.05) is 19.3 Å². The van der Waals surface area contributed by atoms with Crippen LogP contribution in [0, 0.1) is 0 Å². The fourth-order valence-electron chi connectivity index (χ4n) is 2.58. The van der Waals surface area contributed by atoms with Crippen molar-refractivity contribution >= 4 is 17.7 Å². The molecule has 1 saturated heterocycles. The van der Waals surface area contributed by atoms with Crippen LogP contribution in [0.5, 0.6) is 0 Å². The topological polar surface area (TPSA) is 53.7 Å². The summed E-state index contributed by atoms with van der Waals surface area (Å²) in [5, 5.41) is 9.64. The summed E-state index contributed by atoms with van der Waals surface area (Å²) in [6.45, 7) is 4.20. The molecule has 1 aromatic rings. The molecule has 1 aliphatic rings. The summed E-state index contributed by atoms with van der Waals surface area (Å²) >= 11 is 1.95. The highest BCUT2D eigenvalue weighted by atomic mass is 32.2. The number of carbonyl (C=O) groups is 1. The maximum atomic E-state index is 10.8. The molecule has 1 aliphatic heterocycles. The molecule has 19 heavy (non-hydrogen) atoms. The maximum Gasteiger partial charge on any atom is 0.371 e. The number of hydrogen-bond donors (Lipinski definition) is 1. The van der Waals surface area contributed by atoms with Crippen LogP contribution in [0.3, 0.4) is 0 Å². The van der Waals surface area contributed by atoms with Gasteiger partial charge in [-0.25, -0.2) is 4.79 Å². The molecular weight excluding hydrogens is 262 g/mol. The monoisotopic (exact) mass is 283 g/mol. The van der Waals surface area contributed by atoms with Gasteiger partial charge in [0.2, 0.25) is 5.76 Å². The van der Waals surface area contributed by atoms with Crippen molar-refractivity contribution in [1.82, 2.24) is 4.90 Å². The fourth-order valence-corrected chi connectivity index (χ4v) is 3.33. The molecule has 0 amide bonds. The van der Waals surface area contributed by atoms with Crippen molar-refractivity contribution in [3.63, 3.8) is 0 Å². The van der Waals surface area contributed by atoms with E-state index in [0.29, 0.717) is 0 Å². The molecule has 0 saturated carbocycles. The number of nitrogens with zero attached hydrogens (tertiary/aromatic N) is 1. The number of thioether (sulfide) groups is 1. The highest BCUT2D eigenvalue weighted by Crippen LogP contribution is 2.28. The van der Waals surface area contributed by atoms with Gasteiger partial charge in [-0.3, -0.25) is 4.90 Å². The summed E-state index contributed by atoms with van der Waals surface area (Å²) in [5.41, 5.74) is 0. The molecule has 2 unspecified atom stereocenters. The Balaban J connectivity index is 2.01. The third kappa shape index (κ3) is 3.54. The highest BCUT2D eigenvalue weighted by Gasteiger charge is 2.23. The molecule has 4 nitrogen and oxygen atoms in total. The minimum absolute atomic E-state index is 0.0265. The summed E-state index contributed by atoms with van der Waals surface area (Å²) in [4.78, 5) is 13.2. The van der Waals surface area contributed by atoms with E-state index in [0.717, 1.165) is 24.1 Å². The molecule has 1 N–H and O–H groups in total. The Morgan fingerprint density at radius 2 is 2.26 bits per heavy atom. The quantitative estimate of drug-likeness (QED) is 0.919. The Labute approximate surface area is 118 Å². The number of hydrogen-bond acceptors (Lipinski definition) is 4. The average Bonchev–Trinajstić information content (AvgIpc) is 2.77. The van der Waals surface area contributed by atoms with E-state index >= 15 is 0 Å². The molecule has 0 aliphatic carbocycles. The minimum Gasteiger partial charge on any atom is -0.475 e. The van der Waals surface area contributed by atoms with E-state index in [-0.39, 0.29) is 11.8 Å². The second-order valence-corrected chi connectivity index (χ2v) is 6.15. The van der Waals surface area contributed by atoms with Gasteiger partial charge in [0.05, 0.1) is 6.04 Å². The van der Waals surface area contributed by atoms with Crippen molar-refractivity contribution in [3.8, 4) is 0 Å². The number of aromatic carboxylic acids is 1. The van der Waals surface area contributed by atoms with Crippen LogP contribution in [-0.4, -0.2) is 40.6 Å². The van der Waals surface area contributed by atoms with E-state index in [1.807, 2.05) is 11.8 Å². The zero-order valence-corrected chi connectivity index (χ0v) is 12.3. The number of rotatable bonds is 4. The smallest absolute Gasteiger partial charge is 0.371 e. The number of carboxylic acid groups (broad SMARTS) is 1. The second-order valence-electron chi connectivity index (χ2n) is 5.01. The normalized spacial score (nSPS) is 22.9. The van der Waals surface area contributed by atoms with E-state index < -0.39 is 5.97 Å². The van der Waals surface area contributed by atoms with Crippen LogP contribution in [0.2, 0.25) is 0 Å². The van der Waals surface area contributed by atoms with Crippen LogP contribution in [0.1, 0.15) is 48.5 Å². The molecule has 2 rings (SSSR count). The van der Waals surface area contributed by atoms with E-state index in [4.69, 9.17) is 9.52 Å². The average molecular weight is 283 g/mol. The lowest BCUT2D eigenvalue weighted by Gasteiger charge is -2.26. The Hall–Kier alpha value is -0.940. The maximum absolute atomic E-state index is 10.8. The van der Waals surface area contributed by atoms with Gasteiger partial charge in [0.1, 0.15) is 5.76 Å². The lowest BCUT2D eigenvalue weighted by atomic mass is 10.2. The van der Waals surface area contributed by atoms with Gasteiger partial charge in [0.25, 0.3) is 0 Å². The first kappa shape index (κ1) is 14.5. The van der Waals surface area contributed by atoms with Gasteiger partial charge in [-0.1, -0.05) is 0 Å². The Kier molecular flexibility index (Phi) is 4.93. The lowest BCUT2D eigenvalue weighted by Crippen LogP contribution is -2.28. The molecule has 0 radical (unpaired) electrons. The number of likely N-dealkylation sites (tertiary alicyclic amines) is 1. The molecule has 1 fully saturated rings. The number of carboxylic acids is 1. The summed E-state index contributed by atoms with van der Waals surface area (Å²) in [7, 11) is 0. The van der Waals surface area contributed by atoms with Crippen molar-refractivity contribution < 1.29 is 14.3 Å². The summed E-state index contributed by atoms with van der Waals surface area (Å²) < 4.78 is 5.41. The van der Waals surface area contributed by atoms with Crippen LogP contribution in [-0.2, 0) is 0 Å². The third-order valence-electron chi connectivity index (χ3n) is 3.84. The predicted molar refractivity (Wildman–Crippen MR) is 76.8 cm³/mol. The van der Waals surface area contributed by atoms with Crippen LogP contribution >= 0.6 is 11.8 Å². The highest BCUT2D eigenvalue weighted by molar-refractivity contribution is 7.99.